The molecule has 0 aliphatic carbocycles. The smallest absolute Gasteiger partial charge is 0.224 e. The lowest BCUT2D eigenvalue weighted by Crippen LogP contribution is -2.36. The molecule has 1 atom stereocenters. The summed E-state index contributed by atoms with van der Waals surface area (Å²) in [5.41, 5.74) is 2.88. The van der Waals surface area contributed by atoms with Gasteiger partial charge in [0.1, 0.15) is 5.82 Å². The van der Waals surface area contributed by atoms with E-state index in [4.69, 9.17) is 4.74 Å². The molecular formula is C21H25FN2O2. The van der Waals surface area contributed by atoms with Crippen molar-refractivity contribution in [2.45, 2.75) is 25.7 Å². The molecule has 1 amide bonds. The molecule has 2 aromatic carbocycles. The molecule has 1 N–H and O–H groups in total. The normalized spacial score (nSPS) is 15.5. The molecule has 1 heterocycles. The number of hydrogen-bond donors (Lipinski definition) is 1. The summed E-state index contributed by atoms with van der Waals surface area (Å²) in [5, 5.41) is 3.00. The van der Waals surface area contributed by atoms with Crippen molar-refractivity contribution in [1.82, 2.24) is 0 Å². The van der Waals surface area contributed by atoms with Crippen LogP contribution in [0.3, 0.4) is 0 Å². The van der Waals surface area contributed by atoms with Crippen LogP contribution in [0.2, 0.25) is 0 Å². The second kappa shape index (κ2) is 8.81. The molecule has 1 aliphatic heterocycles. The summed E-state index contributed by atoms with van der Waals surface area (Å²) in [5.74, 6) is -0.202. The summed E-state index contributed by atoms with van der Waals surface area (Å²) in [6, 6.07) is 14.3. The number of rotatable bonds is 6. The summed E-state index contributed by atoms with van der Waals surface area (Å²) in [6.45, 7) is 5.22. The molecule has 1 aliphatic rings. The van der Waals surface area contributed by atoms with Gasteiger partial charge in [-0.05, 0) is 48.2 Å². The molecule has 138 valence electrons. The second-order valence-corrected chi connectivity index (χ2v) is 6.56. The van der Waals surface area contributed by atoms with Crippen molar-refractivity contribution in [3.8, 4) is 0 Å². The van der Waals surface area contributed by atoms with E-state index in [0.717, 1.165) is 49.7 Å². The molecule has 3 rings (SSSR count). The van der Waals surface area contributed by atoms with Crippen molar-refractivity contribution in [2.75, 3.05) is 36.5 Å². The first-order valence-corrected chi connectivity index (χ1v) is 9.14. The number of benzene rings is 2. The zero-order valence-corrected chi connectivity index (χ0v) is 15.1. The number of amides is 1. The lowest BCUT2D eigenvalue weighted by molar-refractivity contribution is -0.116. The number of nitrogens with zero attached hydrogens (tertiary/aromatic N) is 1. The fourth-order valence-electron chi connectivity index (χ4n) is 3.27. The van der Waals surface area contributed by atoms with Gasteiger partial charge in [-0.3, -0.25) is 4.79 Å². The quantitative estimate of drug-likeness (QED) is 0.844. The summed E-state index contributed by atoms with van der Waals surface area (Å²) in [6.07, 6.45) is 1.21. The van der Waals surface area contributed by atoms with Gasteiger partial charge in [0.25, 0.3) is 0 Å². The third-order valence-electron chi connectivity index (χ3n) is 4.77. The molecule has 1 fully saturated rings. The predicted octanol–water partition coefficient (Wildman–Crippen LogP) is 4.18. The zero-order chi connectivity index (χ0) is 18.4. The molecule has 0 spiro atoms. The number of morpholine rings is 1. The van der Waals surface area contributed by atoms with Gasteiger partial charge in [0.05, 0.1) is 13.2 Å². The van der Waals surface area contributed by atoms with E-state index in [2.05, 4.69) is 10.2 Å². The largest absolute Gasteiger partial charge is 0.378 e. The Kier molecular flexibility index (Phi) is 6.23. The van der Waals surface area contributed by atoms with Crippen molar-refractivity contribution in [2.24, 2.45) is 0 Å². The van der Waals surface area contributed by atoms with Gasteiger partial charge >= 0.3 is 0 Å². The van der Waals surface area contributed by atoms with E-state index in [-0.39, 0.29) is 17.6 Å². The third-order valence-corrected chi connectivity index (χ3v) is 4.77. The minimum absolute atomic E-state index is 0.0275. The standard InChI is InChI=1S/C21H25FN2O2/c1-2-16(17-6-8-18(22)9-7-17)14-21(25)23-19-4-3-5-20(15-19)24-10-12-26-13-11-24/h3-9,15-16H,2,10-14H2,1H3,(H,23,25). The van der Waals surface area contributed by atoms with Crippen LogP contribution in [0.4, 0.5) is 15.8 Å². The predicted molar refractivity (Wildman–Crippen MR) is 102 cm³/mol. The van der Waals surface area contributed by atoms with Crippen LogP contribution in [0, 0.1) is 5.82 Å². The molecule has 0 saturated carbocycles. The van der Waals surface area contributed by atoms with Gasteiger partial charge in [0, 0.05) is 30.9 Å². The monoisotopic (exact) mass is 356 g/mol. The second-order valence-electron chi connectivity index (χ2n) is 6.56. The van der Waals surface area contributed by atoms with E-state index in [1.54, 1.807) is 12.1 Å². The topological polar surface area (TPSA) is 41.6 Å². The van der Waals surface area contributed by atoms with Crippen LogP contribution in [0.15, 0.2) is 48.5 Å². The lowest BCUT2D eigenvalue weighted by Gasteiger charge is -2.29. The Morgan fingerprint density at radius 1 is 1.19 bits per heavy atom. The van der Waals surface area contributed by atoms with Crippen LogP contribution >= 0.6 is 0 Å². The number of ether oxygens (including phenoxy) is 1. The van der Waals surface area contributed by atoms with Gasteiger partial charge in [0.15, 0.2) is 0 Å². The van der Waals surface area contributed by atoms with Crippen LogP contribution in [0.25, 0.3) is 0 Å². The van der Waals surface area contributed by atoms with Gasteiger partial charge in [-0.2, -0.15) is 0 Å². The molecule has 0 aromatic heterocycles. The van der Waals surface area contributed by atoms with Gasteiger partial charge in [-0.1, -0.05) is 25.1 Å². The number of hydrogen-bond acceptors (Lipinski definition) is 3. The van der Waals surface area contributed by atoms with Crippen molar-refractivity contribution >= 4 is 17.3 Å². The molecule has 5 heteroatoms. The number of halogens is 1. The van der Waals surface area contributed by atoms with Crippen LogP contribution < -0.4 is 10.2 Å². The van der Waals surface area contributed by atoms with Crippen molar-refractivity contribution in [3.63, 3.8) is 0 Å². The Bertz CT molecular complexity index is 727. The first-order valence-electron chi connectivity index (χ1n) is 9.14. The van der Waals surface area contributed by atoms with Gasteiger partial charge in [-0.15, -0.1) is 0 Å². The summed E-state index contributed by atoms with van der Waals surface area (Å²) in [4.78, 5) is 14.7. The molecule has 26 heavy (non-hydrogen) atoms. The first kappa shape index (κ1) is 18.4. The van der Waals surface area contributed by atoms with E-state index in [9.17, 15) is 9.18 Å². The molecule has 2 aromatic rings. The first-order chi connectivity index (χ1) is 12.7. The highest BCUT2D eigenvalue weighted by Crippen LogP contribution is 2.25. The maximum Gasteiger partial charge on any atom is 0.224 e. The van der Waals surface area contributed by atoms with E-state index >= 15 is 0 Å². The summed E-state index contributed by atoms with van der Waals surface area (Å²) in [7, 11) is 0. The van der Waals surface area contributed by atoms with E-state index in [1.165, 1.54) is 12.1 Å². The van der Waals surface area contributed by atoms with Crippen molar-refractivity contribution in [1.29, 1.82) is 0 Å². The highest BCUT2D eigenvalue weighted by atomic mass is 19.1. The fourth-order valence-corrected chi connectivity index (χ4v) is 3.27. The Labute approximate surface area is 154 Å². The SMILES string of the molecule is CCC(CC(=O)Nc1cccc(N2CCOCC2)c1)c1ccc(F)cc1. The molecule has 1 saturated heterocycles. The molecule has 4 nitrogen and oxygen atoms in total. The molecular weight excluding hydrogens is 331 g/mol. The fraction of sp³-hybridized carbons (Fsp3) is 0.381. The van der Waals surface area contributed by atoms with Crippen LogP contribution in [-0.4, -0.2) is 32.2 Å². The summed E-state index contributed by atoms with van der Waals surface area (Å²) >= 11 is 0. The van der Waals surface area contributed by atoms with Crippen molar-refractivity contribution in [3.05, 3.63) is 59.9 Å². The maximum atomic E-state index is 13.1. The summed E-state index contributed by atoms with van der Waals surface area (Å²) < 4.78 is 18.5. The molecule has 1 unspecified atom stereocenters. The maximum absolute atomic E-state index is 13.1. The Hall–Kier alpha value is -2.40. The number of nitrogens with one attached hydrogen (secondary N) is 1. The average molecular weight is 356 g/mol. The third kappa shape index (κ3) is 4.82. The Morgan fingerprint density at radius 3 is 2.62 bits per heavy atom. The Balaban J connectivity index is 1.62. The molecule has 0 radical (unpaired) electrons. The molecule has 0 bridgehead atoms. The highest BCUT2D eigenvalue weighted by Gasteiger charge is 2.16. The van der Waals surface area contributed by atoms with Gasteiger partial charge in [0.2, 0.25) is 5.91 Å². The minimum atomic E-state index is -0.256. The minimum Gasteiger partial charge on any atom is -0.378 e. The van der Waals surface area contributed by atoms with Gasteiger partial charge < -0.3 is 15.0 Å². The van der Waals surface area contributed by atoms with E-state index < -0.39 is 0 Å². The van der Waals surface area contributed by atoms with Crippen molar-refractivity contribution < 1.29 is 13.9 Å². The number of anilines is 2. The average Bonchev–Trinajstić information content (AvgIpc) is 2.68. The highest BCUT2D eigenvalue weighted by molar-refractivity contribution is 5.91. The number of carbonyl (C=O) groups excluding carboxylic acids is 1. The Morgan fingerprint density at radius 2 is 1.92 bits per heavy atom. The lowest BCUT2D eigenvalue weighted by atomic mass is 9.93. The van der Waals surface area contributed by atoms with E-state index in [0.29, 0.717) is 6.42 Å². The number of carbonyl (C=O) groups is 1. The zero-order valence-electron chi connectivity index (χ0n) is 15.1. The van der Waals surface area contributed by atoms with Crippen LogP contribution in [0.1, 0.15) is 31.2 Å². The van der Waals surface area contributed by atoms with Gasteiger partial charge in [-0.25, -0.2) is 4.39 Å². The van der Waals surface area contributed by atoms with E-state index in [1.807, 2.05) is 31.2 Å². The van der Waals surface area contributed by atoms with Crippen LogP contribution in [-0.2, 0) is 9.53 Å². The van der Waals surface area contributed by atoms with Crippen LogP contribution in [0.5, 0.6) is 0 Å².